The van der Waals surface area contributed by atoms with Crippen molar-refractivity contribution in [2.75, 3.05) is 51.3 Å². The summed E-state index contributed by atoms with van der Waals surface area (Å²) in [5.41, 5.74) is 8.86. The van der Waals surface area contributed by atoms with Gasteiger partial charge in [-0.25, -0.2) is 0 Å². The number of hydrogen-bond acceptors (Lipinski definition) is 4. The van der Waals surface area contributed by atoms with Gasteiger partial charge >= 0.3 is 0 Å². The van der Waals surface area contributed by atoms with Crippen molar-refractivity contribution in [3.8, 4) is 28.1 Å². The molecule has 2 aliphatic heterocycles. The fraction of sp³-hybridized carbons (Fsp3) is 0.407. The first-order chi connectivity index (χ1) is 15.6. The van der Waals surface area contributed by atoms with Crippen LogP contribution < -0.4 is 9.64 Å². The largest absolute Gasteiger partial charge is 0.488 e. The lowest BCUT2D eigenvalue weighted by atomic mass is 10.00. The number of nitrogens with one attached hydrogen (secondary N) is 1. The lowest BCUT2D eigenvalue weighted by Crippen LogP contribution is -2.45. The molecule has 2 saturated heterocycles. The Morgan fingerprint density at radius 1 is 0.906 bits per heavy atom. The highest BCUT2D eigenvalue weighted by Gasteiger charge is 2.19. The molecule has 1 N–H and O–H groups in total. The van der Waals surface area contributed by atoms with Crippen LogP contribution in [-0.2, 0) is 4.74 Å². The van der Waals surface area contributed by atoms with E-state index in [1.165, 1.54) is 33.5 Å². The second-order valence-corrected chi connectivity index (χ2v) is 9.18. The summed E-state index contributed by atoms with van der Waals surface area (Å²) in [6, 6.07) is 15.2. The summed E-state index contributed by atoms with van der Waals surface area (Å²) in [6.07, 6.45) is 3.24. The van der Waals surface area contributed by atoms with E-state index in [9.17, 15) is 0 Å². The maximum Gasteiger partial charge on any atom is 0.124 e. The molecule has 5 rings (SSSR count). The van der Waals surface area contributed by atoms with E-state index < -0.39 is 0 Å². The zero-order valence-electron chi connectivity index (χ0n) is 19.4. The number of rotatable bonds is 5. The van der Waals surface area contributed by atoms with Crippen LogP contribution in [-0.4, -0.2) is 62.4 Å². The smallest absolute Gasteiger partial charge is 0.124 e. The van der Waals surface area contributed by atoms with E-state index in [0.717, 1.165) is 50.7 Å². The van der Waals surface area contributed by atoms with Crippen LogP contribution in [0.4, 0.5) is 5.69 Å². The first-order valence-corrected chi connectivity index (χ1v) is 11.7. The van der Waals surface area contributed by atoms with Gasteiger partial charge in [0, 0.05) is 50.2 Å². The lowest BCUT2D eigenvalue weighted by Gasteiger charge is -2.36. The van der Waals surface area contributed by atoms with Gasteiger partial charge in [-0.1, -0.05) is 12.1 Å². The molecule has 168 valence electrons. The third kappa shape index (κ3) is 4.41. The van der Waals surface area contributed by atoms with Crippen molar-refractivity contribution < 1.29 is 9.47 Å². The van der Waals surface area contributed by atoms with E-state index >= 15 is 0 Å². The molecule has 0 amide bonds. The number of aryl methyl sites for hydroxylation is 2. The topological polar surface area (TPSA) is 40.7 Å². The Kier molecular flexibility index (Phi) is 5.94. The maximum atomic E-state index is 5.99. The lowest BCUT2D eigenvalue weighted by molar-refractivity contribution is 0.141. The van der Waals surface area contributed by atoms with Crippen molar-refractivity contribution in [2.24, 2.45) is 0 Å². The van der Waals surface area contributed by atoms with E-state index in [2.05, 4.69) is 84.3 Å². The molecule has 0 spiro atoms. The number of piperazine rings is 1. The Balaban J connectivity index is 1.33. The second-order valence-electron chi connectivity index (χ2n) is 9.18. The summed E-state index contributed by atoms with van der Waals surface area (Å²) in [6.45, 7) is 10.4. The monoisotopic (exact) mass is 431 g/mol. The highest BCUT2D eigenvalue weighted by atomic mass is 16.5. The normalized spacial score (nSPS) is 19.5. The Morgan fingerprint density at radius 2 is 1.62 bits per heavy atom. The number of aromatic nitrogens is 1. The van der Waals surface area contributed by atoms with Gasteiger partial charge in [-0.15, -0.1) is 0 Å². The molecule has 5 heteroatoms. The zero-order valence-corrected chi connectivity index (χ0v) is 19.4. The fourth-order valence-corrected chi connectivity index (χ4v) is 4.89. The molecule has 1 aromatic heterocycles. The van der Waals surface area contributed by atoms with Crippen LogP contribution in [0.2, 0.25) is 0 Å². The third-order valence-electron chi connectivity index (χ3n) is 6.68. The number of anilines is 1. The van der Waals surface area contributed by atoms with E-state index in [-0.39, 0.29) is 6.10 Å². The molecule has 2 fully saturated rings. The van der Waals surface area contributed by atoms with Crippen molar-refractivity contribution in [1.29, 1.82) is 0 Å². The number of aromatic amines is 1. The summed E-state index contributed by atoms with van der Waals surface area (Å²) in [5, 5.41) is 0. The average molecular weight is 432 g/mol. The molecule has 1 unspecified atom stereocenters. The minimum atomic E-state index is 0.181. The Labute approximate surface area is 191 Å². The van der Waals surface area contributed by atoms with E-state index in [0.29, 0.717) is 6.61 Å². The Morgan fingerprint density at radius 3 is 2.28 bits per heavy atom. The highest BCUT2D eigenvalue weighted by molar-refractivity contribution is 5.75. The SMILES string of the molecule is Cc1cc(-c2cc(-c3ccc(OC4CCOC4)cc3)c[nH]2)cc(C)c1N1CCN(C)CC1. The predicted octanol–water partition coefficient (Wildman–Crippen LogP) is 4.89. The molecule has 32 heavy (non-hydrogen) atoms. The predicted molar refractivity (Wildman–Crippen MR) is 131 cm³/mol. The van der Waals surface area contributed by atoms with Crippen LogP contribution in [0, 0.1) is 13.8 Å². The third-order valence-corrected chi connectivity index (χ3v) is 6.68. The number of H-pyrrole nitrogens is 1. The quantitative estimate of drug-likeness (QED) is 0.625. The van der Waals surface area contributed by atoms with Crippen molar-refractivity contribution in [2.45, 2.75) is 26.4 Å². The van der Waals surface area contributed by atoms with Gasteiger partial charge < -0.3 is 24.3 Å². The van der Waals surface area contributed by atoms with E-state index in [1.54, 1.807) is 0 Å². The molecule has 3 heterocycles. The maximum absolute atomic E-state index is 5.99. The highest BCUT2D eigenvalue weighted by Crippen LogP contribution is 2.33. The van der Waals surface area contributed by atoms with Gasteiger partial charge in [-0.2, -0.15) is 0 Å². The van der Waals surface area contributed by atoms with E-state index in [4.69, 9.17) is 9.47 Å². The summed E-state index contributed by atoms with van der Waals surface area (Å²) in [4.78, 5) is 8.42. The van der Waals surface area contributed by atoms with Gasteiger partial charge in [0.05, 0.1) is 13.2 Å². The standard InChI is InChI=1S/C27H33N3O2/c1-19-14-22(15-20(2)27(19)30-11-9-29(3)10-12-30)26-16-23(17-28-26)21-4-6-24(7-5-21)32-25-8-13-31-18-25/h4-7,14-17,25,28H,8-13,18H2,1-3H3. The minimum Gasteiger partial charge on any atom is -0.488 e. The van der Waals surface area contributed by atoms with Crippen LogP contribution in [0.1, 0.15) is 17.5 Å². The van der Waals surface area contributed by atoms with Crippen molar-refractivity contribution in [3.05, 3.63) is 59.8 Å². The van der Waals surface area contributed by atoms with E-state index in [1.807, 2.05) is 0 Å². The second kappa shape index (κ2) is 9.00. The van der Waals surface area contributed by atoms with Gasteiger partial charge in [0.25, 0.3) is 0 Å². The van der Waals surface area contributed by atoms with Gasteiger partial charge in [0.2, 0.25) is 0 Å². The zero-order chi connectivity index (χ0) is 22.1. The molecule has 0 radical (unpaired) electrons. The van der Waals surface area contributed by atoms with Gasteiger partial charge in [-0.3, -0.25) is 0 Å². The van der Waals surface area contributed by atoms with Gasteiger partial charge in [-0.05, 0) is 79.0 Å². The Bertz CT molecular complexity index is 1040. The number of ether oxygens (including phenoxy) is 2. The average Bonchev–Trinajstić information content (AvgIpc) is 3.48. The summed E-state index contributed by atoms with van der Waals surface area (Å²) in [7, 11) is 2.20. The van der Waals surface area contributed by atoms with Crippen LogP contribution in [0.15, 0.2) is 48.7 Å². The summed E-state index contributed by atoms with van der Waals surface area (Å²) < 4.78 is 11.4. The number of likely N-dealkylation sites (N-methyl/N-ethyl adjacent to an activating group) is 1. The molecule has 1 atom stereocenters. The molecule has 3 aromatic rings. The molecule has 5 nitrogen and oxygen atoms in total. The first kappa shape index (κ1) is 21.1. The van der Waals surface area contributed by atoms with Gasteiger partial charge in [0.1, 0.15) is 11.9 Å². The van der Waals surface area contributed by atoms with Crippen molar-refractivity contribution >= 4 is 5.69 Å². The van der Waals surface area contributed by atoms with Gasteiger partial charge in [0.15, 0.2) is 0 Å². The summed E-state index contributed by atoms with van der Waals surface area (Å²) >= 11 is 0. The fourth-order valence-electron chi connectivity index (χ4n) is 4.89. The van der Waals surface area contributed by atoms with Crippen molar-refractivity contribution in [1.82, 2.24) is 9.88 Å². The molecule has 2 aliphatic rings. The van der Waals surface area contributed by atoms with Crippen LogP contribution in [0.3, 0.4) is 0 Å². The van der Waals surface area contributed by atoms with Crippen LogP contribution in [0.5, 0.6) is 5.75 Å². The molecule has 0 bridgehead atoms. The molecular weight excluding hydrogens is 398 g/mol. The van der Waals surface area contributed by atoms with Crippen molar-refractivity contribution in [3.63, 3.8) is 0 Å². The minimum absolute atomic E-state index is 0.181. The Hall–Kier alpha value is -2.76. The number of benzene rings is 2. The first-order valence-electron chi connectivity index (χ1n) is 11.7. The molecular formula is C27H33N3O2. The molecule has 0 saturated carbocycles. The molecule has 0 aliphatic carbocycles. The van der Waals surface area contributed by atoms with Crippen LogP contribution >= 0.6 is 0 Å². The van der Waals surface area contributed by atoms with Crippen LogP contribution in [0.25, 0.3) is 22.4 Å². The number of hydrogen-bond donors (Lipinski definition) is 1. The number of nitrogens with zero attached hydrogens (tertiary/aromatic N) is 2. The molecule has 2 aromatic carbocycles. The summed E-state index contributed by atoms with van der Waals surface area (Å²) in [5.74, 6) is 0.908.